The van der Waals surface area contributed by atoms with Gasteiger partial charge in [-0.1, -0.05) is 5.16 Å². The van der Waals surface area contributed by atoms with Crippen molar-refractivity contribution >= 4 is 5.71 Å². The average molecular weight is 177 g/mol. The number of nitrogens with two attached hydrogens (primary N) is 1. The van der Waals surface area contributed by atoms with Crippen LogP contribution in [0.25, 0.3) is 0 Å². The molecule has 0 amide bonds. The Labute approximate surface area is 76.4 Å². The third kappa shape index (κ3) is 1.67. The monoisotopic (exact) mass is 177 g/mol. The molecular weight excluding hydrogens is 166 g/mol. The molecule has 2 heterocycles. The lowest BCUT2D eigenvalue weighted by Crippen LogP contribution is -2.20. The van der Waals surface area contributed by atoms with Crippen molar-refractivity contribution in [3.05, 3.63) is 30.1 Å². The minimum atomic E-state index is 0.0372. The van der Waals surface area contributed by atoms with E-state index in [0.29, 0.717) is 6.54 Å². The van der Waals surface area contributed by atoms with Crippen molar-refractivity contribution in [1.29, 1.82) is 0 Å². The highest BCUT2D eigenvalue weighted by atomic mass is 16.6. The lowest BCUT2D eigenvalue weighted by atomic mass is 10.1. The van der Waals surface area contributed by atoms with E-state index in [4.69, 9.17) is 10.6 Å². The summed E-state index contributed by atoms with van der Waals surface area (Å²) in [5, 5.41) is 3.95. The highest BCUT2D eigenvalue weighted by molar-refractivity contribution is 6.00. The van der Waals surface area contributed by atoms with Crippen molar-refractivity contribution in [2.24, 2.45) is 10.9 Å². The minimum absolute atomic E-state index is 0.0372. The van der Waals surface area contributed by atoms with Crippen LogP contribution in [0.2, 0.25) is 0 Å². The first kappa shape index (κ1) is 8.19. The second kappa shape index (κ2) is 3.53. The summed E-state index contributed by atoms with van der Waals surface area (Å²) >= 11 is 0. The van der Waals surface area contributed by atoms with Gasteiger partial charge in [-0.2, -0.15) is 0 Å². The molecule has 4 heteroatoms. The lowest BCUT2D eigenvalue weighted by molar-refractivity contribution is 0.0918. The SMILES string of the molecule is NCC1CC(c2cccnc2)=NO1. The fraction of sp³-hybridized carbons (Fsp3) is 0.333. The zero-order valence-corrected chi connectivity index (χ0v) is 7.18. The first-order valence-corrected chi connectivity index (χ1v) is 4.23. The van der Waals surface area contributed by atoms with Gasteiger partial charge in [0, 0.05) is 30.9 Å². The Morgan fingerprint density at radius 3 is 3.15 bits per heavy atom. The molecule has 0 fully saturated rings. The van der Waals surface area contributed by atoms with Gasteiger partial charge in [-0.15, -0.1) is 0 Å². The summed E-state index contributed by atoms with van der Waals surface area (Å²) in [5.41, 5.74) is 7.41. The fourth-order valence-electron chi connectivity index (χ4n) is 1.26. The molecule has 4 nitrogen and oxygen atoms in total. The third-order valence-electron chi connectivity index (χ3n) is 1.99. The van der Waals surface area contributed by atoms with E-state index in [1.807, 2.05) is 12.1 Å². The average Bonchev–Trinajstić information content (AvgIpc) is 2.67. The molecule has 0 radical (unpaired) electrons. The van der Waals surface area contributed by atoms with Crippen LogP contribution >= 0.6 is 0 Å². The predicted octanol–water partition coefficient (Wildman–Crippen LogP) is 0.533. The largest absolute Gasteiger partial charge is 0.390 e. The van der Waals surface area contributed by atoms with Gasteiger partial charge in [0.15, 0.2) is 0 Å². The quantitative estimate of drug-likeness (QED) is 0.717. The summed E-state index contributed by atoms with van der Waals surface area (Å²) in [7, 11) is 0. The van der Waals surface area contributed by atoms with E-state index in [0.717, 1.165) is 17.7 Å². The van der Waals surface area contributed by atoms with Crippen LogP contribution in [0.4, 0.5) is 0 Å². The highest BCUT2D eigenvalue weighted by Gasteiger charge is 2.20. The molecule has 0 spiro atoms. The smallest absolute Gasteiger partial charge is 0.145 e. The van der Waals surface area contributed by atoms with Crippen molar-refractivity contribution in [3.63, 3.8) is 0 Å². The molecule has 2 N–H and O–H groups in total. The molecule has 2 rings (SSSR count). The molecule has 68 valence electrons. The van der Waals surface area contributed by atoms with Crippen molar-refractivity contribution in [2.45, 2.75) is 12.5 Å². The maximum Gasteiger partial charge on any atom is 0.145 e. The fourth-order valence-corrected chi connectivity index (χ4v) is 1.26. The maximum atomic E-state index is 5.46. The molecular formula is C9H11N3O. The molecule has 1 atom stereocenters. The maximum absolute atomic E-state index is 5.46. The second-order valence-corrected chi connectivity index (χ2v) is 2.95. The van der Waals surface area contributed by atoms with Crippen LogP contribution in [-0.2, 0) is 4.84 Å². The van der Waals surface area contributed by atoms with Crippen molar-refractivity contribution in [3.8, 4) is 0 Å². The molecule has 13 heavy (non-hydrogen) atoms. The van der Waals surface area contributed by atoms with E-state index >= 15 is 0 Å². The van der Waals surface area contributed by atoms with E-state index in [1.54, 1.807) is 12.4 Å². The molecule has 0 bridgehead atoms. The van der Waals surface area contributed by atoms with E-state index in [9.17, 15) is 0 Å². The molecule has 1 aliphatic rings. The Bertz CT molecular complexity index is 310. The highest BCUT2D eigenvalue weighted by Crippen LogP contribution is 2.14. The second-order valence-electron chi connectivity index (χ2n) is 2.95. The Morgan fingerprint density at radius 1 is 1.62 bits per heavy atom. The van der Waals surface area contributed by atoms with Crippen molar-refractivity contribution in [1.82, 2.24) is 4.98 Å². The molecule has 0 saturated heterocycles. The first-order valence-electron chi connectivity index (χ1n) is 4.23. The van der Waals surface area contributed by atoms with Crippen molar-refractivity contribution in [2.75, 3.05) is 6.54 Å². The van der Waals surface area contributed by atoms with E-state index in [-0.39, 0.29) is 6.10 Å². The summed E-state index contributed by atoms with van der Waals surface area (Å²) < 4.78 is 0. The molecule has 1 aromatic heterocycles. The van der Waals surface area contributed by atoms with Gasteiger partial charge in [0.1, 0.15) is 6.10 Å². The lowest BCUT2D eigenvalue weighted by Gasteiger charge is -2.01. The van der Waals surface area contributed by atoms with Gasteiger partial charge < -0.3 is 10.6 Å². The number of rotatable bonds is 2. The summed E-state index contributed by atoms with van der Waals surface area (Å²) in [6, 6.07) is 3.85. The van der Waals surface area contributed by atoms with E-state index < -0.39 is 0 Å². The van der Waals surface area contributed by atoms with Gasteiger partial charge >= 0.3 is 0 Å². The summed E-state index contributed by atoms with van der Waals surface area (Å²) in [4.78, 5) is 9.12. The summed E-state index contributed by atoms with van der Waals surface area (Å²) in [6.45, 7) is 0.507. The molecule has 1 aromatic rings. The van der Waals surface area contributed by atoms with E-state index in [2.05, 4.69) is 10.1 Å². The van der Waals surface area contributed by atoms with E-state index in [1.165, 1.54) is 0 Å². The van der Waals surface area contributed by atoms with Crippen LogP contribution in [0.3, 0.4) is 0 Å². The number of nitrogens with zero attached hydrogens (tertiary/aromatic N) is 2. The Hall–Kier alpha value is -1.42. The number of oxime groups is 1. The van der Waals surface area contributed by atoms with Gasteiger partial charge in [-0.3, -0.25) is 4.98 Å². The molecule has 0 aromatic carbocycles. The predicted molar refractivity (Wildman–Crippen MR) is 49.3 cm³/mol. The Morgan fingerprint density at radius 2 is 2.54 bits per heavy atom. The van der Waals surface area contributed by atoms with Crippen LogP contribution in [-0.4, -0.2) is 23.3 Å². The van der Waals surface area contributed by atoms with Crippen molar-refractivity contribution < 1.29 is 4.84 Å². The minimum Gasteiger partial charge on any atom is -0.390 e. The third-order valence-corrected chi connectivity index (χ3v) is 1.99. The van der Waals surface area contributed by atoms with Gasteiger partial charge in [-0.05, 0) is 12.1 Å². The first-order chi connectivity index (χ1) is 6.40. The van der Waals surface area contributed by atoms with Gasteiger partial charge in [0.05, 0.1) is 5.71 Å². The normalized spacial score (nSPS) is 21.0. The van der Waals surface area contributed by atoms with Crippen LogP contribution < -0.4 is 5.73 Å². The number of hydrogen-bond donors (Lipinski definition) is 1. The van der Waals surface area contributed by atoms with Crippen LogP contribution in [0.15, 0.2) is 29.7 Å². The molecule has 1 unspecified atom stereocenters. The molecule has 0 saturated carbocycles. The van der Waals surface area contributed by atoms with Gasteiger partial charge in [0.25, 0.3) is 0 Å². The number of aromatic nitrogens is 1. The van der Waals surface area contributed by atoms with Crippen LogP contribution in [0.5, 0.6) is 0 Å². The topological polar surface area (TPSA) is 60.5 Å². The number of hydrogen-bond acceptors (Lipinski definition) is 4. The van der Waals surface area contributed by atoms with Crippen LogP contribution in [0.1, 0.15) is 12.0 Å². The molecule has 0 aliphatic carbocycles. The van der Waals surface area contributed by atoms with Gasteiger partial charge in [0.2, 0.25) is 0 Å². The summed E-state index contributed by atoms with van der Waals surface area (Å²) in [6.07, 6.45) is 4.33. The summed E-state index contributed by atoms with van der Waals surface area (Å²) in [5.74, 6) is 0. The number of pyridine rings is 1. The zero-order valence-electron chi connectivity index (χ0n) is 7.18. The van der Waals surface area contributed by atoms with Crippen LogP contribution in [0, 0.1) is 0 Å². The molecule has 1 aliphatic heterocycles. The standard InChI is InChI=1S/C9H11N3O/c10-5-8-4-9(12-13-8)7-2-1-3-11-6-7/h1-3,6,8H,4-5,10H2. The zero-order chi connectivity index (χ0) is 9.10. The van der Waals surface area contributed by atoms with Gasteiger partial charge in [-0.25, -0.2) is 0 Å². The Kier molecular flexibility index (Phi) is 2.23. The Balaban J connectivity index is 2.12.